The molecule has 0 radical (unpaired) electrons. The standard InChI is InChI=1S/C12H10F2N2O/c1-6-5-15-12(17)9-4-7-2-3-8(13)10(14)11(7)16(6)9/h2-4,6H,5H2,1H3,(H,15,17)/t6-/m1/s1. The number of hydrogen-bond donors (Lipinski definition) is 1. The van der Waals surface area contributed by atoms with Gasteiger partial charge in [0.05, 0.1) is 5.52 Å². The van der Waals surface area contributed by atoms with E-state index in [1.807, 2.05) is 6.92 Å². The summed E-state index contributed by atoms with van der Waals surface area (Å²) < 4.78 is 28.6. The molecule has 17 heavy (non-hydrogen) atoms. The van der Waals surface area contributed by atoms with Crippen molar-refractivity contribution in [2.75, 3.05) is 6.54 Å². The zero-order valence-electron chi connectivity index (χ0n) is 9.13. The van der Waals surface area contributed by atoms with E-state index in [9.17, 15) is 13.6 Å². The average molecular weight is 236 g/mol. The molecule has 5 heteroatoms. The number of nitrogens with zero attached hydrogens (tertiary/aromatic N) is 1. The maximum absolute atomic E-state index is 13.8. The molecule has 88 valence electrons. The number of fused-ring (bicyclic) bond motifs is 3. The molecule has 0 unspecified atom stereocenters. The van der Waals surface area contributed by atoms with Crippen molar-refractivity contribution in [2.24, 2.45) is 0 Å². The summed E-state index contributed by atoms with van der Waals surface area (Å²) in [7, 11) is 0. The minimum absolute atomic E-state index is 0.0866. The van der Waals surface area contributed by atoms with Gasteiger partial charge in [-0.05, 0) is 25.1 Å². The molecule has 0 saturated carbocycles. The van der Waals surface area contributed by atoms with Crippen molar-refractivity contribution in [3.8, 4) is 0 Å². The van der Waals surface area contributed by atoms with Gasteiger partial charge in [0, 0.05) is 18.0 Å². The zero-order valence-corrected chi connectivity index (χ0v) is 9.13. The Morgan fingerprint density at radius 2 is 2.18 bits per heavy atom. The SMILES string of the molecule is C[C@@H]1CNC(=O)c2cc3ccc(F)c(F)c3n21. The van der Waals surface area contributed by atoms with Crippen molar-refractivity contribution in [3.63, 3.8) is 0 Å². The van der Waals surface area contributed by atoms with E-state index in [0.29, 0.717) is 17.6 Å². The van der Waals surface area contributed by atoms with Crippen LogP contribution in [0.15, 0.2) is 18.2 Å². The molecule has 1 aliphatic rings. The van der Waals surface area contributed by atoms with Gasteiger partial charge >= 0.3 is 0 Å². The molecular formula is C12H10F2N2O. The quantitative estimate of drug-likeness (QED) is 0.747. The van der Waals surface area contributed by atoms with Crippen LogP contribution < -0.4 is 5.32 Å². The number of halogens is 2. The van der Waals surface area contributed by atoms with Gasteiger partial charge in [0.2, 0.25) is 0 Å². The number of carbonyl (C=O) groups excluding carboxylic acids is 1. The van der Waals surface area contributed by atoms with E-state index in [4.69, 9.17) is 0 Å². The van der Waals surface area contributed by atoms with Crippen LogP contribution >= 0.6 is 0 Å². The molecule has 0 fully saturated rings. The van der Waals surface area contributed by atoms with Crippen molar-refractivity contribution in [3.05, 3.63) is 35.5 Å². The first-order chi connectivity index (χ1) is 8.09. The van der Waals surface area contributed by atoms with Crippen LogP contribution in [0, 0.1) is 11.6 Å². The molecule has 1 aromatic carbocycles. The predicted octanol–water partition coefficient (Wildman–Crippen LogP) is 2.22. The van der Waals surface area contributed by atoms with E-state index in [1.165, 1.54) is 6.07 Å². The molecule has 2 aromatic rings. The van der Waals surface area contributed by atoms with Gasteiger partial charge in [-0.2, -0.15) is 0 Å². The van der Waals surface area contributed by atoms with Gasteiger partial charge in [-0.1, -0.05) is 0 Å². The summed E-state index contributed by atoms with van der Waals surface area (Å²) >= 11 is 0. The van der Waals surface area contributed by atoms with Gasteiger partial charge in [-0.15, -0.1) is 0 Å². The third kappa shape index (κ3) is 1.28. The third-order valence-electron chi connectivity index (χ3n) is 3.12. The van der Waals surface area contributed by atoms with E-state index in [0.717, 1.165) is 6.07 Å². The maximum Gasteiger partial charge on any atom is 0.268 e. The molecule has 3 rings (SSSR count). The number of benzene rings is 1. The van der Waals surface area contributed by atoms with Gasteiger partial charge in [0.15, 0.2) is 11.6 Å². The summed E-state index contributed by atoms with van der Waals surface area (Å²) in [6.07, 6.45) is 0. The van der Waals surface area contributed by atoms with Crippen LogP contribution in [0.1, 0.15) is 23.5 Å². The highest BCUT2D eigenvalue weighted by atomic mass is 19.2. The Morgan fingerprint density at radius 3 is 2.94 bits per heavy atom. The average Bonchev–Trinajstić information content (AvgIpc) is 2.70. The van der Waals surface area contributed by atoms with Crippen LogP contribution in [0.4, 0.5) is 8.78 Å². The molecule has 0 aliphatic carbocycles. The van der Waals surface area contributed by atoms with Gasteiger partial charge in [-0.25, -0.2) is 8.78 Å². The number of hydrogen-bond acceptors (Lipinski definition) is 1. The van der Waals surface area contributed by atoms with Crippen molar-refractivity contribution in [2.45, 2.75) is 13.0 Å². The minimum Gasteiger partial charge on any atom is -0.349 e. The minimum atomic E-state index is -0.893. The lowest BCUT2D eigenvalue weighted by Gasteiger charge is -2.24. The molecule has 1 atom stereocenters. The Balaban J connectivity index is 2.44. The molecule has 3 nitrogen and oxygen atoms in total. The summed E-state index contributed by atoms with van der Waals surface area (Å²) in [6.45, 7) is 2.28. The van der Waals surface area contributed by atoms with E-state index < -0.39 is 11.6 Å². The third-order valence-corrected chi connectivity index (χ3v) is 3.12. The van der Waals surface area contributed by atoms with Crippen molar-refractivity contribution < 1.29 is 13.6 Å². The molecule has 1 N–H and O–H groups in total. The largest absolute Gasteiger partial charge is 0.349 e. The monoisotopic (exact) mass is 236 g/mol. The second-order valence-corrected chi connectivity index (χ2v) is 4.26. The van der Waals surface area contributed by atoms with Crippen molar-refractivity contribution in [1.82, 2.24) is 9.88 Å². The van der Waals surface area contributed by atoms with E-state index >= 15 is 0 Å². The Labute approximate surface area is 96.0 Å². The van der Waals surface area contributed by atoms with Gasteiger partial charge < -0.3 is 9.88 Å². The van der Waals surface area contributed by atoms with Gasteiger partial charge in [0.1, 0.15) is 5.69 Å². The number of rotatable bonds is 0. The van der Waals surface area contributed by atoms with Crippen LogP contribution in [0.25, 0.3) is 10.9 Å². The molecular weight excluding hydrogens is 226 g/mol. The fourth-order valence-corrected chi connectivity index (χ4v) is 2.31. The van der Waals surface area contributed by atoms with Crippen LogP contribution in [0.5, 0.6) is 0 Å². The fraction of sp³-hybridized carbons (Fsp3) is 0.250. The first-order valence-corrected chi connectivity index (χ1v) is 5.36. The predicted molar refractivity (Wildman–Crippen MR) is 58.9 cm³/mol. The van der Waals surface area contributed by atoms with Crippen LogP contribution in [-0.4, -0.2) is 17.0 Å². The van der Waals surface area contributed by atoms with E-state index in [1.54, 1.807) is 10.6 Å². The first kappa shape index (κ1) is 10.3. The van der Waals surface area contributed by atoms with Gasteiger partial charge in [0.25, 0.3) is 5.91 Å². The molecule has 1 amide bonds. The normalized spacial score (nSPS) is 19.2. The Bertz CT molecular complexity index is 633. The molecule has 1 aromatic heterocycles. The second kappa shape index (κ2) is 3.29. The Morgan fingerprint density at radius 1 is 1.41 bits per heavy atom. The van der Waals surface area contributed by atoms with Crippen LogP contribution in [0.2, 0.25) is 0 Å². The molecule has 2 heterocycles. The number of amides is 1. The number of nitrogens with one attached hydrogen (secondary N) is 1. The second-order valence-electron chi connectivity index (χ2n) is 4.26. The highest BCUT2D eigenvalue weighted by molar-refractivity contribution is 5.99. The summed E-state index contributed by atoms with van der Waals surface area (Å²) in [5.74, 6) is -2.04. The fourth-order valence-electron chi connectivity index (χ4n) is 2.31. The number of aromatic nitrogens is 1. The summed E-state index contributed by atoms with van der Waals surface area (Å²) in [5.41, 5.74) is 0.547. The number of carbonyl (C=O) groups is 1. The summed E-state index contributed by atoms with van der Waals surface area (Å²) in [6, 6.07) is 4.06. The maximum atomic E-state index is 13.8. The molecule has 1 aliphatic heterocycles. The van der Waals surface area contributed by atoms with Crippen LogP contribution in [-0.2, 0) is 0 Å². The van der Waals surface area contributed by atoms with Crippen molar-refractivity contribution in [1.29, 1.82) is 0 Å². The zero-order chi connectivity index (χ0) is 12.2. The Hall–Kier alpha value is -1.91. The Kier molecular flexibility index (Phi) is 1.98. The van der Waals surface area contributed by atoms with E-state index in [2.05, 4.69) is 5.32 Å². The highest BCUT2D eigenvalue weighted by Gasteiger charge is 2.26. The topological polar surface area (TPSA) is 34.0 Å². The van der Waals surface area contributed by atoms with Crippen molar-refractivity contribution >= 4 is 16.8 Å². The molecule has 0 bridgehead atoms. The van der Waals surface area contributed by atoms with Crippen LogP contribution in [0.3, 0.4) is 0 Å². The smallest absolute Gasteiger partial charge is 0.268 e. The summed E-state index contributed by atoms with van der Waals surface area (Å²) in [4.78, 5) is 11.6. The lowest BCUT2D eigenvalue weighted by molar-refractivity contribution is 0.0919. The lowest BCUT2D eigenvalue weighted by atomic mass is 10.2. The molecule has 0 spiro atoms. The van der Waals surface area contributed by atoms with E-state index in [-0.39, 0.29) is 17.5 Å². The van der Waals surface area contributed by atoms with Gasteiger partial charge in [-0.3, -0.25) is 4.79 Å². The summed E-state index contributed by atoms with van der Waals surface area (Å²) in [5, 5.41) is 3.25. The highest BCUT2D eigenvalue weighted by Crippen LogP contribution is 2.29. The lowest BCUT2D eigenvalue weighted by Crippen LogP contribution is -2.37. The first-order valence-electron chi connectivity index (χ1n) is 5.36. The molecule has 0 saturated heterocycles.